The van der Waals surface area contributed by atoms with E-state index in [1.54, 1.807) is 0 Å². The number of oxime groups is 1. The first-order chi connectivity index (χ1) is 7.77. The minimum Gasteiger partial charge on any atom is -0.464 e. The molecule has 4 heteroatoms. The number of ether oxygens (including phenoxy) is 1. The standard InChI is InChI=1S/C12H21NO3/c1-16-12(14)11(13-15)9-5-8-10-6-3-2-4-7-10/h10,15H,2-9H2,1H3. The Morgan fingerprint density at radius 1 is 1.38 bits per heavy atom. The minimum absolute atomic E-state index is 0.137. The maximum absolute atomic E-state index is 11.1. The molecular weight excluding hydrogens is 206 g/mol. The van der Waals surface area contributed by atoms with Gasteiger partial charge in [-0.15, -0.1) is 0 Å². The van der Waals surface area contributed by atoms with E-state index in [1.807, 2.05) is 0 Å². The quantitative estimate of drug-likeness (QED) is 0.340. The van der Waals surface area contributed by atoms with Crippen molar-refractivity contribution in [3.63, 3.8) is 0 Å². The molecule has 0 bridgehead atoms. The number of rotatable bonds is 5. The van der Waals surface area contributed by atoms with Crippen LogP contribution in [-0.4, -0.2) is 24.0 Å². The van der Waals surface area contributed by atoms with Gasteiger partial charge in [-0.2, -0.15) is 0 Å². The van der Waals surface area contributed by atoms with Crippen LogP contribution in [0.15, 0.2) is 5.16 Å². The molecule has 0 aromatic heterocycles. The third-order valence-electron chi connectivity index (χ3n) is 3.29. The molecule has 1 fully saturated rings. The fourth-order valence-electron chi connectivity index (χ4n) is 2.34. The Hall–Kier alpha value is -1.06. The van der Waals surface area contributed by atoms with Gasteiger partial charge in [0.15, 0.2) is 5.71 Å². The van der Waals surface area contributed by atoms with Crippen LogP contribution in [0.25, 0.3) is 0 Å². The number of carbonyl (C=O) groups is 1. The molecule has 1 rings (SSSR count). The Labute approximate surface area is 96.7 Å². The summed E-state index contributed by atoms with van der Waals surface area (Å²) < 4.78 is 4.52. The highest BCUT2D eigenvalue weighted by molar-refractivity contribution is 6.36. The summed E-state index contributed by atoms with van der Waals surface area (Å²) in [5.41, 5.74) is 0.137. The molecule has 92 valence electrons. The van der Waals surface area contributed by atoms with Gasteiger partial charge in [0, 0.05) is 6.42 Å². The zero-order chi connectivity index (χ0) is 11.8. The van der Waals surface area contributed by atoms with Crippen molar-refractivity contribution in [2.24, 2.45) is 11.1 Å². The Morgan fingerprint density at radius 2 is 2.06 bits per heavy atom. The van der Waals surface area contributed by atoms with E-state index < -0.39 is 5.97 Å². The summed E-state index contributed by atoms with van der Waals surface area (Å²) in [6, 6.07) is 0. The molecule has 0 amide bonds. The lowest BCUT2D eigenvalue weighted by atomic mass is 9.85. The number of hydrogen-bond donors (Lipinski definition) is 1. The van der Waals surface area contributed by atoms with E-state index in [1.165, 1.54) is 39.2 Å². The van der Waals surface area contributed by atoms with E-state index in [4.69, 9.17) is 5.21 Å². The van der Waals surface area contributed by atoms with E-state index in [9.17, 15) is 4.79 Å². The van der Waals surface area contributed by atoms with Crippen molar-refractivity contribution in [1.29, 1.82) is 0 Å². The van der Waals surface area contributed by atoms with Crippen LogP contribution < -0.4 is 0 Å². The number of esters is 1. The first-order valence-corrected chi connectivity index (χ1v) is 6.07. The normalized spacial score (nSPS) is 18.4. The largest absolute Gasteiger partial charge is 0.464 e. The predicted octanol–water partition coefficient (Wildman–Crippen LogP) is 2.74. The molecule has 0 aromatic carbocycles. The number of carbonyl (C=O) groups excluding carboxylic acids is 1. The second-order valence-electron chi connectivity index (χ2n) is 4.43. The van der Waals surface area contributed by atoms with Crippen LogP contribution in [0.4, 0.5) is 0 Å². The van der Waals surface area contributed by atoms with Crippen LogP contribution in [-0.2, 0) is 9.53 Å². The molecule has 0 spiro atoms. The van der Waals surface area contributed by atoms with Crippen LogP contribution in [0.3, 0.4) is 0 Å². The van der Waals surface area contributed by atoms with E-state index in [-0.39, 0.29) is 5.71 Å². The first-order valence-electron chi connectivity index (χ1n) is 6.07. The lowest BCUT2D eigenvalue weighted by molar-refractivity contribution is -0.133. The summed E-state index contributed by atoms with van der Waals surface area (Å²) in [5, 5.41) is 11.6. The fourth-order valence-corrected chi connectivity index (χ4v) is 2.34. The Balaban J connectivity index is 2.20. The van der Waals surface area contributed by atoms with Gasteiger partial charge in [-0.1, -0.05) is 43.7 Å². The van der Waals surface area contributed by atoms with Gasteiger partial charge in [0.2, 0.25) is 0 Å². The molecule has 4 nitrogen and oxygen atoms in total. The molecule has 0 aliphatic heterocycles. The molecule has 0 atom stereocenters. The monoisotopic (exact) mass is 227 g/mol. The van der Waals surface area contributed by atoms with Gasteiger partial charge in [-0.3, -0.25) is 0 Å². The zero-order valence-electron chi connectivity index (χ0n) is 9.95. The van der Waals surface area contributed by atoms with Crippen molar-refractivity contribution < 1.29 is 14.7 Å². The molecule has 0 aromatic rings. The molecule has 1 aliphatic carbocycles. The number of methoxy groups -OCH3 is 1. The summed E-state index contributed by atoms with van der Waals surface area (Å²) in [6.07, 6.45) is 9.19. The van der Waals surface area contributed by atoms with Gasteiger partial charge in [-0.05, 0) is 12.3 Å². The maximum atomic E-state index is 11.1. The number of hydrogen-bond acceptors (Lipinski definition) is 4. The van der Waals surface area contributed by atoms with Crippen molar-refractivity contribution in [1.82, 2.24) is 0 Å². The zero-order valence-corrected chi connectivity index (χ0v) is 9.95. The highest BCUT2D eigenvalue weighted by atomic mass is 16.5. The Kier molecular flexibility index (Phi) is 5.90. The van der Waals surface area contributed by atoms with E-state index >= 15 is 0 Å². The molecular formula is C12H21NO3. The maximum Gasteiger partial charge on any atom is 0.355 e. The molecule has 0 radical (unpaired) electrons. The molecule has 0 heterocycles. The second-order valence-corrected chi connectivity index (χ2v) is 4.43. The second kappa shape index (κ2) is 7.25. The molecule has 1 N–H and O–H groups in total. The average molecular weight is 227 g/mol. The lowest BCUT2D eigenvalue weighted by Gasteiger charge is -2.21. The topological polar surface area (TPSA) is 58.9 Å². The van der Waals surface area contributed by atoms with E-state index in [0.717, 1.165) is 18.8 Å². The summed E-state index contributed by atoms with van der Waals surface area (Å²) in [6.45, 7) is 0. The third-order valence-corrected chi connectivity index (χ3v) is 3.29. The van der Waals surface area contributed by atoms with Crippen molar-refractivity contribution >= 4 is 11.7 Å². The van der Waals surface area contributed by atoms with Gasteiger partial charge in [0.1, 0.15) is 0 Å². The van der Waals surface area contributed by atoms with Gasteiger partial charge < -0.3 is 9.94 Å². The molecule has 1 aliphatic rings. The first kappa shape index (κ1) is 13.0. The third kappa shape index (κ3) is 4.21. The molecule has 1 saturated carbocycles. The van der Waals surface area contributed by atoms with Crippen LogP contribution >= 0.6 is 0 Å². The lowest BCUT2D eigenvalue weighted by Crippen LogP contribution is -2.16. The van der Waals surface area contributed by atoms with E-state index in [0.29, 0.717) is 6.42 Å². The average Bonchev–Trinajstić information content (AvgIpc) is 2.35. The van der Waals surface area contributed by atoms with Crippen molar-refractivity contribution in [2.75, 3.05) is 7.11 Å². The smallest absolute Gasteiger partial charge is 0.355 e. The van der Waals surface area contributed by atoms with Crippen LogP contribution in [0.1, 0.15) is 51.4 Å². The molecule has 16 heavy (non-hydrogen) atoms. The summed E-state index contributed by atoms with van der Waals surface area (Å²) in [4.78, 5) is 11.1. The highest BCUT2D eigenvalue weighted by Crippen LogP contribution is 2.27. The van der Waals surface area contributed by atoms with Crippen LogP contribution in [0.2, 0.25) is 0 Å². The minimum atomic E-state index is -0.522. The fraction of sp³-hybridized carbons (Fsp3) is 0.833. The summed E-state index contributed by atoms with van der Waals surface area (Å²) >= 11 is 0. The van der Waals surface area contributed by atoms with Crippen molar-refractivity contribution in [3.8, 4) is 0 Å². The van der Waals surface area contributed by atoms with Crippen LogP contribution in [0, 0.1) is 5.92 Å². The number of nitrogens with zero attached hydrogens (tertiary/aromatic N) is 1. The van der Waals surface area contributed by atoms with Gasteiger partial charge in [-0.25, -0.2) is 4.79 Å². The van der Waals surface area contributed by atoms with Crippen LogP contribution in [0.5, 0.6) is 0 Å². The molecule has 0 saturated heterocycles. The van der Waals surface area contributed by atoms with Gasteiger partial charge in [0.05, 0.1) is 7.11 Å². The summed E-state index contributed by atoms with van der Waals surface area (Å²) in [7, 11) is 1.30. The van der Waals surface area contributed by atoms with Gasteiger partial charge >= 0.3 is 5.97 Å². The van der Waals surface area contributed by atoms with Gasteiger partial charge in [0.25, 0.3) is 0 Å². The van der Waals surface area contributed by atoms with E-state index in [2.05, 4.69) is 9.89 Å². The van der Waals surface area contributed by atoms with Crippen molar-refractivity contribution in [3.05, 3.63) is 0 Å². The Morgan fingerprint density at radius 3 is 2.62 bits per heavy atom. The molecule has 0 unspecified atom stereocenters. The predicted molar refractivity (Wildman–Crippen MR) is 61.7 cm³/mol. The highest BCUT2D eigenvalue weighted by Gasteiger charge is 2.16. The SMILES string of the molecule is COC(=O)C(CCCC1CCCCC1)=NO. The van der Waals surface area contributed by atoms with Crippen molar-refractivity contribution in [2.45, 2.75) is 51.4 Å². The Bertz CT molecular complexity index is 245. The summed E-state index contributed by atoms with van der Waals surface area (Å²) in [5.74, 6) is 0.275.